The third-order valence-electron chi connectivity index (χ3n) is 3.58. The molecule has 6 heteroatoms. The molecule has 130 valence electrons. The van der Waals surface area contributed by atoms with Crippen molar-refractivity contribution in [2.75, 3.05) is 13.2 Å². The standard InChI is InChI=1S/C18H24N2O4/c1-4-23-15-8-6-5-7-14(15)11-19-17(21)20-12-18(3,22)16-10-9-13(2)24-16/h5-10,22H,4,11-12H2,1-3H3,(H2,19,20,21)/t18-/m0/s1. The average Bonchev–Trinajstić information content (AvgIpc) is 3.00. The molecule has 0 bridgehead atoms. The number of carbonyl (C=O) groups is 1. The van der Waals surface area contributed by atoms with Crippen LogP contribution < -0.4 is 15.4 Å². The van der Waals surface area contributed by atoms with Crippen LogP contribution in [0.4, 0.5) is 4.79 Å². The molecule has 2 aromatic rings. The number of carbonyl (C=O) groups excluding carboxylic acids is 1. The fourth-order valence-corrected chi connectivity index (χ4v) is 2.25. The average molecular weight is 332 g/mol. The summed E-state index contributed by atoms with van der Waals surface area (Å²) in [5, 5.41) is 15.8. The molecule has 1 aromatic carbocycles. The molecule has 0 aliphatic carbocycles. The van der Waals surface area contributed by atoms with E-state index in [0.717, 1.165) is 11.3 Å². The number of hydrogen-bond donors (Lipinski definition) is 3. The second kappa shape index (κ2) is 7.88. The highest BCUT2D eigenvalue weighted by Gasteiger charge is 2.27. The summed E-state index contributed by atoms with van der Waals surface area (Å²) in [5.74, 6) is 1.88. The maximum atomic E-state index is 12.0. The number of ether oxygens (including phenoxy) is 1. The lowest BCUT2D eigenvalue weighted by Gasteiger charge is -2.21. The molecule has 0 aliphatic rings. The summed E-state index contributed by atoms with van der Waals surface area (Å²) >= 11 is 0. The monoisotopic (exact) mass is 332 g/mol. The molecular weight excluding hydrogens is 308 g/mol. The van der Waals surface area contributed by atoms with Gasteiger partial charge in [-0.05, 0) is 39.0 Å². The lowest BCUT2D eigenvalue weighted by molar-refractivity contribution is 0.0359. The highest BCUT2D eigenvalue weighted by atomic mass is 16.5. The van der Waals surface area contributed by atoms with E-state index >= 15 is 0 Å². The maximum absolute atomic E-state index is 12.0. The molecule has 1 atom stereocenters. The van der Waals surface area contributed by atoms with E-state index in [1.54, 1.807) is 26.0 Å². The summed E-state index contributed by atoms with van der Waals surface area (Å²) in [7, 11) is 0. The molecule has 0 saturated carbocycles. The minimum absolute atomic E-state index is 0.0406. The van der Waals surface area contributed by atoms with Gasteiger partial charge in [0.25, 0.3) is 0 Å². The Hall–Kier alpha value is -2.47. The van der Waals surface area contributed by atoms with Crippen LogP contribution in [-0.4, -0.2) is 24.3 Å². The summed E-state index contributed by atoms with van der Waals surface area (Å²) in [4.78, 5) is 12.0. The van der Waals surface area contributed by atoms with Gasteiger partial charge in [0.1, 0.15) is 22.9 Å². The fraction of sp³-hybridized carbons (Fsp3) is 0.389. The Kier molecular flexibility index (Phi) is 5.87. The largest absolute Gasteiger partial charge is 0.494 e. The van der Waals surface area contributed by atoms with Crippen molar-refractivity contribution in [1.29, 1.82) is 0 Å². The van der Waals surface area contributed by atoms with Gasteiger partial charge >= 0.3 is 6.03 Å². The highest BCUT2D eigenvalue weighted by molar-refractivity contribution is 5.74. The fourth-order valence-electron chi connectivity index (χ4n) is 2.25. The van der Waals surface area contributed by atoms with Crippen LogP contribution in [0.1, 0.15) is 30.9 Å². The molecule has 24 heavy (non-hydrogen) atoms. The Morgan fingerprint density at radius 1 is 1.25 bits per heavy atom. The first kappa shape index (κ1) is 17.9. The Labute approximate surface area is 141 Å². The van der Waals surface area contributed by atoms with E-state index in [2.05, 4.69) is 10.6 Å². The molecule has 1 heterocycles. The van der Waals surface area contributed by atoms with Gasteiger partial charge in [-0.15, -0.1) is 0 Å². The number of rotatable bonds is 7. The zero-order chi connectivity index (χ0) is 17.6. The summed E-state index contributed by atoms with van der Waals surface area (Å²) in [6, 6.07) is 10.6. The lowest BCUT2D eigenvalue weighted by atomic mass is 10.0. The van der Waals surface area contributed by atoms with Crippen LogP contribution in [0.2, 0.25) is 0 Å². The number of para-hydroxylation sites is 1. The molecule has 2 rings (SSSR count). The predicted molar refractivity (Wildman–Crippen MR) is 90.9 cm³/mol. The number of aryl methyl sites for hydroxylation is 1. The Bertz CT molecular complexity index is 679. The molecule has 0 saturated heterocycles. The molecular formula is C18H24N2O4. The van der Waals surface area contributed by atoms with Gasteiger partial charge in [0.05, 0.1) is 13.2 Å². The number of benzene rings is 1. The normalized spacial score (nSPS) is 13.2. The first-order valence-corrected chi connectivity index (χ1v) is 7.94. The van der Waals surface area contributed by atoms with Crippen LogP contribution in [0.5, 0.6) is 5.75 Å². The van der Waals surface area contributed by atoms with Crippen molar-refractivity contribution in [1.82, 2.24) is 10.6 Å². The van der Waals surface area contributed by atoms with Crippen LogP contribution in [0.3, 0.4) is 0 Å². The zero-order valence-corrected chi connectivity index (χ0v) is 14.3. The van der Waals surface area contributed by atoms with Crippen LogP contribution in [0, 0.1) is 6.92 Å². The number of amides is 2. The number of aliphatic hydroxyl groups is 1. The van der Waals surface area contributed by atoms with E-state index in [9.17, 15) is 9.90 Å². The lowest BCUT2D eigenvalue weighted by Crippen LogP contribution is -2.43. The summed E-state index contributed by atoms with van der Waals surface area (Å²) in [6.45, 7) is 6.25. The molecule has 2 amide bonds. The predicted octanol–water partition coefficient (Wildman–Crippen LogP) is 2.69. The first-order valence-electron chi connectivity index (χ1n) is 7.94. The van der Waals surface area contributed by atoms with Gasteiger partial charge in [-0.3, -0.25) is 0 Å². The van der Waals surface area contributed by atoms with Gasteiger partial charge in [0.15, 0.2) is 0 Å². The van der Waals surface area contributed by atoms with Gasteiger partial charge in [-0.25, -0.2) is 4.79 Å². The van der Waals surface area contributed by atoms with Gasteiger partial charge in [-0.2, -0.15) is 0 Å². The van der Waals surface area contributed by atoms with Crippen molar-refractivity contribution >= 4 is 6.03 Å². The van der Waals surface area contributed by atoms with Gasteiger partial charge < -0.3 is 24.9 Å². The van der Waals surface area contributed by atoms with E-state index in [-0.39, 0.29) is 12.6 Å². The molecule has 0 fully saturated rings. The van der Waals surface area contributed by atoms with Gasteiger partial charge in [0, 0.05) is 12.1 Å². The number of nitrogens with one attached hydrogen (secondary N) is 2. The molecule has 3 N–H and O–H groups in total. The van der Waals surface area contributed by atoms with Crippen LogP contribution in [0.15, 0.2) is 40.8 Å². The third-order valence-corrected chi connectivity index (χ3v) is 3.58. The van der Waals surface area contributed by atoms with Crippen molar-refractivity contribution in [3.05, 3.63) is 53.5 Å². The van der Waals surface area contributed by atoms with Crippen molar-refractivity contribution in [3.63, 3.8) is 0 Å². The second-order valence-electron chi connectivity index (χ2n) is 5.76. The first-order chi connectivity index (χ1) is 11.4. The molecule has 1 aromatic heterocycles. The number of furan rings is 1. The third kappa shape index (κ3) is 4.76. The SMILES string of the molecule is CCOc1ccccc1CNC(=O)NC[C@](C)(O)c1ccc(C)o1. The molecule has 0 unspecified atom stereocenters. The summed E-state index contributed by atoms with van der Waals surface area (Å²) < 4.78 is 10.9. The van der Waals surface area contributed by atoms with Gasteiger partial charge in [0.2, 0.25) is 0 Å². The Morgan fingerprint density at radius 2 is 2.00 bits per heavy atom. The van der Waals surface area contributed by atoms with E-state index in [1.165, 1.54) is 0 Å². The molecule has 0 radical (unpaired) electrons. The molecule has 6 nitrogen and oxygen atoms in total. The summed E-state index contributed by atoms with van der Waals surface area (Å²) in [5.41, 5.74) is -0.377. The smallest absolute Gasteiger partial charge is 0.315 e. The minimum Gasteiger partial charge on any atom is -0.494 e. The summed E-state index contributed by atoms with van der Waals surface area (Å²) in [6.07, 6.45) is 0. The minimum atomic E-state index is -1.27. The van der Waals surface area contributed by atoms with Crippen molar-refractivity contribution in [2.45, 2.75) is 32.9 Å². The Morgan fingerprint density at radius 3 is 2.67 bits per heavy atom. The van der Waals surface area contributed by atoms with Crippen molar-refractivity contribution in [3.8, 4) is 5.75 Å². The quantitative estimate of drug-likeness (QED) is 0.728. The van der Waals surface area contributed by atoms with Crippen molar-refractivity contribution in [2.24, 2.45) is 0 Å². The topological polar surface area (TPSA) is 83.7 Å². The van der Waals surface area contributed by atoms with E-state index in [1.807, 2.05) is 31.2 Å². The highest BCUT2D eigenvalue weighted by Crippen LogP contribution is 2.22. The molecule has 0 aliphatic heterocycles. The van der Waals surface area contributed by atoms with Crippen molar-refractivity contribution < 1.29 is 19.1 Å². The second-order valence-corrected chi connectivity index (χ2v) is 5.76. The van der Waals surface area contributed by atoms with E-state index in [4.69, 9.17) is 9.15 Å². The molecule has 0 spiro atoms. The number of hydrogen-bond acceptors (Lipinski definition) is 4. The maximum Gasteiger partial charge on any atom is 0.315 e. The van der Waals surface area contributed by atoms with Crippen LogP contribution in [-0.2, 0) is 12.1 Å². The zero-order valence-electron chi connectivity index (χ0n) is 14.3. The van der Waals surface area contributed by atoms with E-state index < -0.39 is 5.60 Å². The number of urea groups is 1. The van der Waals surface area contributed by atoms with E-state index in [0.29, 0.717) is 24.7 Å². The Balaban J connectivity index is 1.86. The van der Waals surface area contributed by atoms with Gasteiger partial charge in [-0.1, -0.05) is 18.2 Å². The van der Waals surface area contributed by atoms with Crippen LogP contribution in [0.25, 0.3) is 0 Å². The van der Waals surface area contributed by atoms with Crippen LogP contribution >= 0.6 is 0 Å².